The summed E-state index contributed by atoms with van der Waals surface area (Å²) in [4.78, 5) is 14.3. The fraction of sp³-hybridized carbons (Fsp3) is 0.769. The molecule has 1 heterocycles. The number of aliphatic hydroxyl groups is 1. The lowest BCUT2D eigenvalue weighted by atomic mass is 9.91. The molecule has 0 aromatic carbocycles. The lowest BCUT2D eigenvalue weighted by Crippen LogP contribution is -2.43. The summed E-state index contributed by atoms with van der Waals surface area (Å²) in [6.07, 6.45) is 8.06. The van der Waals surface area contributed by atoms with Crippen LogP contribution in [0.3, 0.4) is 0 Å². The van der Waals surface area contributed by atoms with E-state index in [2.05, 4.69) is 12.2 Å². The van der Waals surface area contributed by atoms with Crippen LogP contribution in [-0.2, 0) is 4.79 Å². The number of amides is 1. The van der Waals surface area contributed by atoms with E-state index in [9.17, 15) is 9.90 Å². The molecule has 2 aliphatic carbocycles. The van der Waals surface area contributed by atoms with Crippen molar-refractivity contribution >= 4 is 5.91 Å². The van der Waals surface area contributed by atoms with Gasteiger partial charge in [0.1, 0.15) is 0 Å². The molecule has 3 rings (SSSR count). The minimum absolute atomic E-state index is 0.191. The number of nitrogens with zero attached hydrogens (tertiary/aromatic N) is 1. The lowest BCUT2D eigenvalue weighted by molar-refractivity contribution is -0.138. The number of carbonyl (C=O) groups excluding carboxylic acids is 1. The van der Waals surface area contributed by atoms with Gasteiger partial charge in [0.2, 0.25) is 5.91 Å². The molecule has 3 aliphatic rings. The van der Waals surface area contributed by atoms with E-state index >= 15 is 0 Å². The van der Waals surface area contributed by atoms with Crippen molar-refractivity contribution in [2.45, 2.75) is 31.8 Å². The van der Waals surface area contributed by atoms with Gasteiger partial charge in [0, 0.05) is 19.0 Å². The SMILES string of the molecule is O=C(C1CC2C=CC1C2)N1CCC(O)CC1. The van der Waals surface area contributed by atoms with Crippen LogP contribution in [0.15, 0.2) is 12.2 Å². The summed E-state index contributed by atoms with van der Waals surface area (Å²) < 4.78 is 0. The number of rotatable bonds is 1. The van der Waals surface area contributed by atoms with Crippen LogP contribution in [0.1, 0.15) is 25.7 Å². The second-order valence-electron chi connectivity index (χ2n) is 5.44. The molecule has 3 heteroatoms. The summed E-state index contributed by atoms with van der Waals surface area (Å²) >= 11 is 0. The van der Waals surface area contributed by atoms with Gasteiger partial charge in [-0.1, -0.05) is 12.2 Å². The first kappa shape index (κ1) is 10.3. The molecule has 1 saturated carbocycles. The molecule has 0 radical (unpaired) electrons. The van der Waals surface area contributed by atoms with E-state index in [1.807, 2.05) is 4.90 Å². The highest BCUT2D eigenvalue weighted by molar-refractivity contribution is 5.80. The number of hydrogen-bond acceptors (Lipinski definition) is 2. The molecule has 2 fully saturated rings. The molecule has 0 spiro atoms. The van der Waals surface area contributed by atoms with E-state index in [0.29, 0.717) is 17.7 Å². The summed E-state index contributed by atoms with van der Waals surface area (Å²) in [5.41, 5.74) is 0. The fourth-order valence-electron chi connectivity index (χ4n) is 3.39. The molecule has 3 atom stereocenters. The Bertz CT molecular complexity index is 318. The molecule has 2 bridgehead atoms. The number of piperidine rings is 1. The molecular weight excluding hydrogens is 202 g/mol. The van der Waals surface area contributed by atoms with Gasteiger partial charge in [0.05, 0.1) is 6.10 Å². The van der Waals surface area contributed by atoms with Crippen molar-refractivity contribution in [3.05, 3.63) is 12.2 Å². The summed E-state index contributed by atoms with van der Waals surface area (Å²) in [7, 11) is 0. The van der Waals surface area contributed by atoms with E-state index in [0.717, 1.165) is 32.4 Å². The molecule has 1 amide bonds. The first-order valence-electron chi connectivity index (χ1n) is 6.39. The molecule has 0 aromatic heterocycles. The van der Waals surface area contributed by atoms with Crippen LogP contribution in [0.4, 0.5) is 0 Å². The number of allylic oxidation sites excluding steroid dienone is 2. The average Bonchev–Trinajstić information content (AvgIpc) is 2.91. The Morgan fingerprint density at radius 1 is 1.19 bits per heavy atom. The highest BCUT2D eigenvalue weighted by atomic mass is 16.3. The van der Waals surface area contributed by atoms with Crippen LogP contribution in [-0.4, -0.2) is 35.1 Å². The first-order valence-corrected chi connectivity index (χ1v) is 6.39. The third-order valence-corrected chi connectivity index (χ3v) is 4.37. The largest absolute Gasteiger partial charge is 0.393 e. The molecule has 1 N–H and O–H groups in total. The van der Waals surface area contributed by atoms with Gasteiger partial charge in [-0.2, -0.15) is 0 Å². The van der Waals surface area contributed by atoms with Crippen molar-refractivity contribution in [1.82, 2.24) is 4.90 Å². The molecule has 16 heavy (non-hydrogen) atoms. The maximum Gasteiger partial charge on any atom is 0.226 e. The Labute approximate surface area is 96.1 Å². The Kier molecular flexibility index (Phi) is 2.51. The monoisotopic (exact) mass is 221 g/mol. The summed E-state index contributed by atoms with van der Waals surface area (Å²) in [6.45, 7) is 1.50. The van der Waals surface area contributed by atoms with Gasteiger partial charge in [-0.25, -0.2) is 0 Å². The van der Waals surface area contributed by atoms with Crippen molar-refractivity contribution < 1.29 is 9.90 Å². The van der Waals surface area contributed by atoms with Crippen molar-refractivity contribution in [1.29, 1.82) is 0 Å². The van der Waals surface area contributed by atoms with E-state index in [4.69, 9.17) is 0 Å². The summed E-state index contributed by atoms with van der Waals surface area (Å²) in [5, 5.41) is 9.43. The van der Waals surface area contributed by atoms with Crippen LogP contribution < -0.4 is 0 Å². The number of aliphatic hydroxyl groups excluding tert-OH is 1. The van der Waals surface area contributed by atoms with Crippen LogP contribution in [0.5, 0.6) is 0 Å². The Morgan fingerprint density at radius 3 is 2.50 bits per heavy atom. The Balaban J connectivity index is 1.63. The van der Waals surface area contributed by atoms with Gasteiger partial charge < -0.3 is 10.0 Å². The van der Waals surface area contributed by atoms with Crippen molar-refractivity contribution in [2.75, 3.05) is 13.1 Å². The third kappa shape index (κ3) is 1.67. The predicted octanol–water partition coefficient (Wildman–Crippen LogP) is 1.18. The molecule has 88 valence electrons. The highest BCUT2D eigenvalue weighted by Gasteiger charge is 2.41. The molecule has 0 aromatic rings. The van der Waals surface area contributed by atoms with Crippen LogP contribution >= 0.6 is 0 Å². The molecule has 3 unspecified atom stereocenters. The van der Waals surface area contributed by atoms with Gasteiger partial charge in [-0.05, 0) is 37.5 Å². The zero-order chi connectivity index (χ0) is 11.1. The zero-order valence-corrected chi connectivity index (χ0v) is 9.51. The number of carbonyl (C=O) groups is 1. The summed E-state index contributed by atoms with van der Waals surface area (Å²) in [5.74, 6) is 1.74. The lowest BCUT2D eigenvalue weighted by Gasteiger charge is -2.33. The number of likely N-dealkylation sites (tertiary alicyclic amines) is 1. The van der Waals surface area contributed by atoms with Gasteiger partial charge in [-0.3, -0.25) is 4.79 Å². The van der Waals surface area contributed by atoms with Gasteiger partial charge in [0.25, 0.3) is 0 Å². The number of hydrogen-bond donors (Lipinski definition) is 1. The van der Waals surface area contributed by atoms with E-state index in [1.165, 1.54) is 6.42 Å². The zero-order valence-electron chi connectivity index (χ0n) is 9.51. The van der Waals surface area contributed by atoms with E-state index in [-0.39, 0.29) is 12.0 Å². The Hall–Kier alpha value is -0.830. The number of fused-ring (bicyclic) bond motifs is 2. The van der Waals surface area contributed by atoms with E-state index in [1.54, 1.807) is 0 Å². The third-order valence-electron chi connectivity index (χ3n) is 4.37. The van der Waals surface area contributed by atoms with Gasteiger partial charge in [-0.15, -0.1) is 0 Å². The van der Waals surface area contributed by atoms with Crippen molar-refractivity contribution in [3.63, 3.8) is 0 Å². The first-order chi connectivity index (χ1) is 7.74. The minimum atomic E-state index is -0.191. The second kappa shape index (κ2) is 3.88. The van der Waals surface area contributed by atoms with Crippen LogP contribution in [0, 0.1) is 17.8 Å². The average molecular weight is 221 g/mol. The van der Waals surface area contributed by atoms with Gasteiger partial charge >= 0.3 is 0 Å². The maximum atomic E-state index is 12.3. The quantitative estimate of drug-likeness (QED) is 0.675. The van der Waals surface area contributed by atoms with E-state index < -0.39 is 0 Å². The fourth-order valence-corrected chi connectivity index (χ4v) is 3.39. The summed E-state index contributed by atoms with van der Waals surface area (Å²) in [6, 6.07) is 0. The standard InChI is InChI=1S/C13H19NO2/c15-11-3-5-14(6-4-11)13(16)12-8-9-1-2-10(12)7-9/h1-2,9-12,15H,3-8H2. The van der Waals surface area contributed by atoms with Crippen molar-refractivity contribution in [2.24, 2.45) is 17.8 Å². The minimum Gasteiger partial charge on any atom is -0.393 e. The topological polar surface area (TPSA) is 40.5 Å². The van der Waals surface area contributed by atoms with Gasteiger partial charge in [0.15, 0.2) is 0 Å². The highest BCUT2D eigenvalue weighted by Crippen LogP contribution is 2.44. The molecule has 1 aliphatic heterocycles. The smallest absolute Gasteiger partial charge is 0.226 e. The van der Waals surface area contributed by atoms with Crippen LogP contribution in [0.2, 0.25) is 0 Å². The molecular formula is C13H19NO2. The van der Waals surface area contributed by atoms with Crippen LogP contribution in [0.25, 0.3) is 0 Å². The van der Waals surface area contributed by atoms with Crippen molar-refractivity contribution in [3.8, 4) is 0 Å². The maximum absolute atomic E-state index is 12.3. The predicted molar refractivity (Wildman–Crippen MR) is 60.7 cm³/mol. The second-order valence-corrected chi connectivity index (χ2v) is 5.44. The normalized spacial score (nSPS) is 38.3. The molecule has 3 nitrogen and oxygen atoms in total. The Morgan fingerprint density at radius 2 is 1.94 bits per heavy atom. The molecule has 1 saturated heterocycles.